The number of nitrogens with one attached hydrogen (secondary N) is 1. The normalized spacial score (nSPS) is 11.2. The van der Waals surface area contributed by atoms with Gasteiger partial charge in [-0.2, -0.15) is 0 Å². The quantitative estimate of drug-likeness (QED) is 0.249. The molecule has 0 saturated heterocycles. The molecule has 4 aromatic rings. The monoisotopic (exact) mass is 430 g/mol. The van der Waals surface area contributed by atoms with Gasteiger partial charge in [0, 0.05) is 35.2 Å². The molecular formula is C22H18NNaO5P. The number of hydrogen-bond acceptors (Lipinski definition) is 3. The third kappa shape index (κ3) is 4.93. The van der Waals surface area contributed by atoms with Gasteiger partial charge in [0.15, 0.2) is 0 Å². The second-order valence-corrected chi connectivity index (χ2v) is 7.91. The van der Waals surface area contributed by atoms with E-state index in [1.54, 1.807) is 18.2 Å². The van der Waals surface area contributed by atoms with Gasteiger partial charge in [-0.1, -0.05) is 42.5 Å². The molecule has 0 spiro atoms. The Morgan fingerprint density at radius 1 is 0.867 bits per heavy atom. The number of hydrogen-bond donors (Lipinski definition) is 3. The van der Waals surface area contributed by atoms with Crippen molar-refractivity contribution in [2.75, 3.05) is 5.32 Å². The molecule has 8 heteroatoms. The van der Waals surface area contributed by atoms with Gasteiger partial charge in [0.1, 0.15) is 5.75 Å². The molecule has 0 heterocycles. The number of fused-ring (bicyclic) bond motifs is 2. The van der Waals surface area contributed by atoms with Crippen LogP contribution in [0.3, 0.4) is 0 Å². The van der Waals surface area contributed by atoms with E-state index < -0.39 is 13.7 Å². The molecule has 3 N–H and O–H groups in total. The van der Waals surface area contributed by atoms with Gasteiger partial charge < -0.3 is 9.84 Å². The molecule has 1 radical (unpaired) electrons. The molecule has 0 bridgehead atoms. The largest absolute Gasteiger partial charge is 0.524 e. The Bertz CT molecular complexity index is 1300. The average Bonchev–Trinajstić information content (AvgIpc) is 2.66. The molecule has 0 aliphatic heterocycles. The minimum absolute atomic E-state index is 0. The van der Waals surface area contributed by atoms with Crippen LogP contribution < -0.4 is 9.84 Å². The minimum atomic E-state index is -4.85. The SMILES string of the molecule is Cc1ccccc1NC(=O)c1cc2cc3ccccc3cc2cc1OP(=O)(O)O.[Na]. The molecular weight excluding hydrogens is 412 g/mol. The molecule has 4 rings (SSSR count). The number of carbonyl (C=O) groups excluding carboxylic acids is 1. The average molecular weight is 430 g/mol. The Morgan fingerprint density at radius 2 is 1.43 bits per heavy atom. The molecule has 4 aromatic carbocycles. The summed E-state index contributed by atoms with van der Waals surface area (Å²) in [7, 11) is -4.85. The van der Waals surface area contributed by atoms with Crippen LogP contribution in [0.25, 0.3) is 21.5 Å². The fourth-order valence-corrected chi connectivity index (χ4v) is 3.66. The van der Waals surface area contributed by atoms with E-state index in [1.165, 1.54) is 6.07 Å². The number of benzene rings is 4. The molecule has 6 nitrogen and oxygen atoms in total. The van der Waals surface area contributed by atoms with Crippen LogP contribution in [0.1, 0.15) is 15.9 Å². The molecule has 0 saturated carbocycles. The van der Waals surface area contributed by atoms with Crippen LogP contribution in [0.2, 0.25) is 0 Å². The molecule has 1 amide bonds. The maximum absolute atomic E-state index is 12.9. The third-order valence-electron chi connectivity index (χ3n) is 4.66. The minimum Gasteiger partial charge on any atom is -0.403 e. The molecule has 0 aliphatic rings. The fraction of sp³-hybridized carbons (Fsp3) is 0.0455. The van der Waals surface area contributed by atoms with Crippen molar-refractivity contribution in [3.8, 4) is 5.75 Å². The van der Waals surface area contributed by atoms with Crippen molar-refractivity contribution in [2.45, 2.75) is 6.92 Å². The smallest absolute Gasteiger partial charge is 0.403 e. The number of phosphoric ester groups is 1. The second kappa shape index (κ2) is 8.90. The van der Waals surface area contributed by atoms with Crippen LogP contribution in [0.4, 0.5) is 5.69 Å². The van der Waals surface area contributed by atoms with Crippen molar-refractivity contribution < 1.29 is 23.7 Å². The van der Waals surface area contributed by atoms with Gasteiger partial charge in [-0.25, -0.2) is 4.57 Å². The predicted octanol–water partition coefficient (Wildman–Crippen LogP) is 4.64. The first-order valence-corrected chi connectivity index (χ1v) is 10.4. The number of para-hydroxylation sites is 1. The molecule has 0 aliphatic carbocycles. The number of phosphoric acid groups is 1. The van der Waals surface area contributed by atoms with Gasteiger partial charge in [-0.05, 0) is 64.4 Å². The third-order valence-corrected chi connectivity index (χ3v) is 5.09. The van der Waals surface area contributed by atoms with E-state index >= 15 is 0 Å². The van der Waals surface area contributed by atoms with E-state index in [0.29, 0.717) is 11.1 Å². The van der Waals surface area contributed by atoms with Crippen molar-refractivity contribution in [3.63, 3.8) is 0 Å². The topological polar surface area (TPSA) is 95.9 Å². The Hall–Kier alpha value is -2.18. The van der Waals surface area contributed by atoms with Crippen molar-refractivity contribution in [2.24, 2.45) is 0 Å². The number of carbonyl (C=O) groups is 1. The van der Waals surface area contributed by atoms with Gasteiger partial charge in [-0.15, -0.1) is 0 Å². The van der Waals surface area contributed by atoms with Gasteiger partial charge in [0.05, 0.1) is 5.56 Å². The fourth-order valence-electron chi connectivity index (χ4n) is 3.26. The number of anilines is 1. The summed E-state index contributed by atoms with van der Waals surface area (Å²) in [6, 6.07) is 21.9. The maximum atomic E-state index is 12.9. The van der Waals surface area contributed by atoms with E-state index in [4.69, 9.17) is 4.52 Å². The number of amides is 1. The van der Waals surface area contributed by atoms with Gasteiger partial charge >= 0.3 is 7.82 Å². The second-order valence-electron chi connectivity index (χ2n) is 6.75. The van der Waals surface area contributed by atoms with Gasteiger partial charge in [0.2, 0.25) is 0 Å². The van der Waals surface area contributed by atoms with Gasteiger partial charge in [-0.3, -0.25) is 14.6 Å². The summed E-state index contributed by atoms with van der Waals surface area (Å²) in [4.78, 5) is 31.6. The van der Waals surface area contributed by atoms with Crippen LogP contribution in [0.5, 0.6) is 5.75 Å². The van der Waals surface area contributed by atoms with Crippen LogP contribution in [-0.2, 0) is 4.57 Å². The van der Waals surface area contributed by atoms with E-state index in [-0.39, 0.29) is 40.9 Å². The Morgan fingerprint density at radius 3 is 2.03 bits per heavy atom. The first kappa shape index (κ1) is 22.5. The summed E-state index contributed by atoms with van der Waals surface area (Å²) < 4.78 is 16.3. The summed E-state index contributed by atoms with van der Waals surface area (Å²) >= 11 is 0. The molecule has 30 heavy (non-hydrogen) atoms. The van der Waals surface area contributed by atoms with Crippen LogP contribution in [0.15, 0.2) is 72.8 Å². The van der Waals surface area contributed by atoms with E-state index in [9.17, 15) is 19.1 Å². The molecule has 0 fully saturated rings. The van der Waals surface area contributed by atoms with Crippen LogP contribution >= 0.6 is 7.82 Å². The van der Waals surface area contributed by atoms with Crippen molar-refractivity contribution in [1.29, 1.82) is 0 Å². The summed E-state index contributed by atoms with van der Waals surface area (Å²) in [5.41, 5.74) is 1.52. The Labute approximate surface area is 195 Å². The first-order valence-electron chi connectivity index (χ1n) is 8.89. The summed E-state index contributed by atoms with van der Waals surface area (Å²) in [5, 5.41) is 6.22. The zero-order valence-corrected chi connectivity index (χ0v) is 19.4. The molecule has 147 valence electrons. The summed E-state index contributed by atoms with van der Waals surface area (Å²) in [6.07, 6.45) is 0. The van der Waals surface area contributed by atoms with E-state index in [1.807, 2.05) is 55.5 Å². The van der Waals surface area contributed by atoms with E-state index in [2.05, 4.69) is 5.32 Å². The van der Waals surface area contributed by atoms with Crippen LogP contribution in [-0.4, -0.2) is 45.3 Å². The van der Waals surface area contributed by atoms with Crippen LogP contribution in [0, 0.1) is 6.92 Å². The standard InChI is InChI=1S/C22H18NO5P.Na/c1-14-6-2-5-9-20(14)23-22(24)19-12-17-10-15-7-3-4-8-16(15)11-18(17)13-21(19)28-29(25,26)27;/h2-13H,1H3,(H,23,24)(H2,25,26,27);. The summed E-state index contributed by atoms with van der Waals surface area (Å²) in [5.74, 6) is -0.690. The molecule has 0 unspecified atom stereocenters. The Kier molecular flexibility index (Phi) is 6.68. The summed E-state index contributed by atoms with van der Waals surface area (Å²) in [6.45, 7) is 1.86. The number of aryl methyl sites for hydroxylation is 1. The number of rotatable bonds is 4. The maximum Gasteiger partial charge on any atom is 0.524 e. The molecule has 0 aromatic heterocycles. The first-order chi connectivity index (χ1) is 13.8. The van der Waals surface area contributed by atoms with E-state index in [0.717, 1.165) is 21.7 Å². The Balaban J connectivity index is 0.00000256. The van der Waals surface area contributed by atoms with Crippen molar-refractivity contribution in [1.82, 2.24) is 0 Å². The zero-order chi connectivity index (χ0) is 20.6. The predicted molar refractivity (Wildman–Crippen MR) is 119 cm³/mol. The van der Waals surface area contributed by atoms with Crippen molar-refractivity contribution in [3.05, 3.63) is 83.9 Å². The molecule has 0 atom stereocenters. The zero-order valence-electron chi connectivity index (χ0n) is 16.5. The van der Waals surface area contributed by atoms with Crippen molar-refractivity contribution >= 4 is 70.5 Å². The van der Waals surface area contributed by atoms with Gasteiger partial charge in [0.25, 0.3) is 5.91 Å².